The van der Waals surface area contributed by atoms with Crippen LogP contribution in [0.3, 0.4) is 0 Å². The first-order valence-electron chi connectivity index (χ1n) is 7.30. The van der Waals surface area contributed by atoms with Crippen molar-refractivity contribution in [3.63, 3.8) is 0 Å². The molecule has 0 aromatic carbocycles. The van der Waals surface area contributed by atoms with Gasteiger partial charge in [0.1, 0.15) is 6.04 Å². The first-order chi connectivity index (χ1) is 8.93. The Bertz CT molecular complexity index is 320. The molecule has 0 radical (unpaired) electrons. The van der Waals surface area contributed by atoms with Gasteiger partial charge in [0.25, 0.3) is 0 Å². The highest BCUT2D eigenvalue weighted by Crippen LogP contribution is 2.23. The van der Waals surface area contributed by atoms with Crippen LogP contribution in [0, 0.1) is 5.92 Å². The maximum atomic E-state index is 12.1. The highest BCUT2D eigenvalue weighted by Gasteiger charge is 2.27. The molecule has 1 rings (SSSR count). The second-order valence-electron chi connectivity index (χ2n) is 5.67. The summed E-state index contributed by atoms with van der Waals surface area (Å²) in [4.78, 5) is 23.9. The Morgan fingerprint density at radius 2 is 1.95 bits per heavy atom. The minimum absolute atomic E-state index is 0.0393. The van der Waals surface area contributed by atoms with Crippen molar-refractivity contribution in [2.24, 2.45) is 11.7 Å². The van der Waals surface area contributed by atoms with Crippen LogP contribution in [0.15, 0.2) is 0 Å². The molecular formula is C14H27N3O2. The van der Waals surface area contributed by atoms with Crippen molar-refractivity contribution >= 4 is 11.8 Å². The van der Waals surface area contributed by atoms with E-state index in [1.165, 1.54) is 0 Å². The largest absolute Gasteiger partial charge is 0.352 e. The number of carbonyl (C=O) groups excluding carboxylic acids is 2. The molecule has 4 unspecified atom stereocenters. The summed E-state index contributed by atoms with van der Waals surface area (Å²) < 4.78 is 0. The predicted octanol–water partition coefficient (Wildman–Crippen LogP) is 0.923. The molecule has 0 heterocycles. The van der Waals surface area contributed by atoms with Crippen LogP contribution < -0.4 is 16.4 Å². The van der Waals surface area contributed by atoms with Gasteiger partial charge in [0.15, 0.2) is 0 Å². The van der Waals surface area contributed by atoms with E-state index in [2.05, 4.69) is 10.6 Å². The van der Waals surface area contributed by atoms with Crippen LogP contribution in [0.2, 0.25) is 0 Å². The first kappa shape index (κ1) is 16.0. The third-order valence-electron chi connectivity index (χ3n) is 3.84. The average Bonchev–Trinajstić information content (AvgIpc) is 2.38. The number of nitrogens with two attached hydrogens (primary N) is 1. The fraction of sp³-hybridized carbons (Fsp3) is 0.857. The lowest BCUT2D eigenvalue weighted by atomic mass is 9.85. The van der Waals surface area contributed by atoms with E-state index in [0.29, 0.717) is 0 Å². The third-order valence-corrected chi connectivity index (χ3v) is 3.84. The van der Waals surface area contributed by atoms with E-state index in [-0.39, 0.29) is 29.8 Å². The summed E-state index contributed by atoms with van der Waals surface area (Å²) in [6.07, 6.45) is 4.47. The number of rotatable bonds is 5. The highest BCUT2D eigenvalue weighted by atomic mass is 16.2. The second-order valence-corrected chi connectivity index (χ2v) is 5.67. The Balaban J connectivity index is 2.40. The molecule has 2 amide bonds. The van der Waals surface area contributed by atoms with Crippen LogP contribution in [-0.4, -0.2) is 29.9 Å². The molecule has 19 heavy (non-hydrogen) atoms. The predicted molar refractivity (Wildman–Crippen MR) is 75.4 cm³/mol. The van der Waals surface area contributed by atoms with Gasteiger partial charge in [0.05, 0.1) is 0 Å². The van der Waals surface area contributed by atoms with Gasteiger partial charge in [-0.2, -0.15) is 0 Å². The van der Waals surface area contributed by atoms with E-state index in [9.17, 15) is 9.59 Å². The normalized spacial score (nSPS) is 26.3. The lowest BCUT2D eigenvalue weighted by molar-refractivity contribution is -0.131. The number of amides is 2. The molecule has 1 aliphatic rings. The van der Waals surface area contributed by atoms with Crippen molar-refractivity contribution < 1.29 is 9.59 Å². The van der Waals surface area contributed by atoms with Crippen molar-refractivity contribution in [1.29, 1.82) is 0 Å². The molecule has 1 saturated carbocycles. The molecule has 0 spiro atoms. The molecule has 0 bridgehead atoms. The van der Waals surface area contributed by atoms with Crippen LogP contribution in [0.25, 0.3) is 0 Å². The average molecular weight is 269 g/mol. The lowest BCUT2D eigenvalue weighted by Crippen LogP contribution is -2.49. The molecule has 1 aliphatic carbocycles. The quantitative estimate of drug-likeness (QED) is 0.694. The zero-order valence-electron chi connectivity index (χ0n) is 12.2. The smallest absolute Gasteiger partial charge is 0.242 e. The highest BCUT2D eigenvalue weighted by molar-refractivity contribution is 5.88. The van der Waals surface area contributed by atoms with Gasteiger partial charge < -0.3 is 16.4 Å². The zero-order valence-corrected chi connectivity index (χ0v) is 12.2. The van der Waals surface area contributed by atoms with E-state index in [1.54, 1.807) is 6.92 Å². The Hall–Kier alpha value is -1.10. The monoisotopic (exact) mass is 269 g/mol. The summed E-state index contributed by atoms with van der Waals surface area (Å²) in [6, 6.07) is -0.233. The summed E-state index contributed by atoms with van der Waals surface area (Å²) in [6.45, 7) is 5.68. The molecule has 0 aliphatic heterocycles. The molecular weight excluding hydrogens is 242 g/mol. The summed E-state index contributed by atoms with van der Waals surface area (Å²) in [5, 5.41) is 5.66. The maximum Gasteiger partial charge on any atom is 0.242 e. The molecule has 0 aromatic heterocycles. The van der Waals surface area contributed by atoms with E-state index in [1.807, 2.05) is 13.8 Å². The number of hydrogen-bond donors (Lipinski definition) is 3. The fourth-order valence-electron chi connectivity index (χ4n) is 2.33. The van der Waals surface area contributed by atoms with Gasteiger partial charge in [0.2, 0.25) is 11.8 Å². The van der Waals surface area contributed by atoms with E-state index < -0.39 is 6.04 Å². The molecule has 0 aromatic rings. The van der Waals surface area contributed by atoms with Crippen molar-refractivity contribution in [3.05, 3.63) is 0 Å². The van der Waals surface area contributed by atoms with E-state index >= 15 is 0 Å². The van der Waals surface area contributed by atoms with Crippen molar-refractivity contribution in [2.75, 3.05) is 0 Å². The Kier molecular flexibility index (Phi) is 6.28. The SMILES string of the molecule is CCC(C)NC(=O)C(C)NC(=O)C1CCCC(N)C1. The Morgan fingerprint density at radius 1 is 1.26 bits per heavy atom. The second kappa shape index (κ2) is 7.48. The van der Waals surface area contributed by atoms with E-state index in [0.717, 1.165) is 32.1 Å². The molecule has 5 nitrogen and oxygen atoms in total. The van der Waals surface area contributed by atoms with Gasteiger partial charge in [-0.1, -0.05) is 13.3 Å². The lowest BCUT2D eigenvalue weighted by Gasteiger charge is -2.27. The van der Waals surface area contributed by atoms with Crippen molar-refractivity contribution in [2.45, 2.75) is 71.0 Å². The van der Waals surface area contributed by atoms with Gasteiger partial charge >= 0.3 is 0 Å². The summed E-state index contributed by atoms with van der Waals surface area (Å²) >= 11 is 0. The van der Waals surface area contributed by atoms with Crippen LogP contribution in [0.1, 0.15) is 52.9 Å². The van der Waals surface area contributed by atoms with Crippen molar-refractivity contribution in [3.8, 4) is 0 Å². The zero-order chi connectivity index (χ0) is 14.4. The number of nitrogens with one attached hydrogen (secondary N) is 2. The van der Waals surface area contributed by atoms with Gasteiger partial charge in [-0.3, -0.25) is 9.59 Å². The van der Waals surface area contributed by atoms with Gasteiger partial charge in [-0.15, -0.1) is 0 Å². The van der Waals surface area contributed by atoms with Crippen LogP contribution in [-0.2, 0) is 9.59 Å². The fourth-order valence-corrected chi connectivity index (χ4v) is 2.33. The molecule has 1 fully saturated rings. The summed E-state index contributed by atoms with van der Waals surface area (Å²) in [5.41, 5.74) is 5.88. The first-order valence-corrected chi connectivity index (χ1v) is 7.30. The molecule has 5 heteroatoms. The standard InChI is InChI=1S/C14H27N3O2/c1-4-9(2)16-13(18)10(3)17-14(19)11-6-5-7-12(15)8-11/h9-12H,4-8,15H2,1-3H3,(H,16,18)(H,17,19). The maximum absolute atomic E-state index is 12.1. The number of hydrogen-bond acceptors (Lipinski definition) is 3. The van der Waals surface area contributed by atoms with Crippen molar-refractivity contribution in [1.82, 2.24) is 10.6 Å². The summed E-state index contributed by atoms with van der Waals surface area (Å²) in [5.74, 6) is -0.202. The molecule has 4 N–H and O–H groups in total. The van der Waals surface area contributed by atoms with Gasteiger partial charge in [0, 0.05) is 18.0 Å². The Morgan fingerprint density at radius 3 is 2.53 bits per heavy atom. The third kappa shape index (κ3) is 5.19. The van der Waals surface area contributed by atoms with Gasteiger partial charge in [-0.05, 0) is 39.5 Å². The van der Waals surface area contributed by atoms with Gasteiger partial charge in [-0.25, -0.2) is 0 Å². The minimum Gasteiger partial charge on any atom is -0.352 e. The van der Waals surface area contributed by atoms with Crippen LogP contribution in [0.4, 0.5) is 0 Å². The Labute approximate surface area is 115 Å². The van der Waals surface area contributed by atoms with Crippen LogP contribution in [0.5, 0.6) is 0 Å². The summed E-state index contributed by atoms with van der Waals surface area (Å²) in [7, 11) is 0. The molecule has 4 atom stereocenters. The van der Waals surface area contributed by atoms with Crippen LogP contribution >= 0.6 is 0 Å². The minimum atomic E-state index is -0.486. The molecule has 110 valence electrons. The number of carbonyl (C=O) groups is 2. The topological polar surface area (TPSA) is 84.2 Å². The van der Waals surface area contributed by atoms with E-state index in [4.69, 9.17) is 5.73 Å². The molecule has 0 saturated heterocycles.